The number of hydrogen-bond donors (Lipinski definition) is 3. The van der Waals surface area contributed by atoms with Crippen molar-refractivity contribution in [1.29, 1.82) is 0 Å². The van der Waals surface area contributed by atoms with Gasteiger partial charge in [-0.2, -0.15) is 0 Å². The summed E-state index contributed by atoms with van der Waals surface area (Å²) in [5, 5.41) is 8.14. The third-order valence-electron chi connectivity index (χ3n) is 3.99. The Bertz CT molecular complexity index is 742. The quantitative estimate of drug-likeness (QED) is 0.716. The van der Waals surface area contributed by atoms with Crippen molar-refractivity contribution in [2.45, 2.75) is 19.9 Å². The molecule has 0 aliphatic heterocycles. The predicted molar refractivity (Wildman–Crippen MR) is 105 cm³/mol. The van der Waals surface area contributed by atoms with Crippen molar-refractivity contribution in [3.05, 3.63) is 59.7 Å². The Labute approximate surface area is 154 Å². The van der Waals surface area contributed by atoms with Crippen molar-refractivity contribution in [3.8, 4) is 0 Å². The van der Waals surface area contributed by atoms with Crippen LogP contribution in [0, 0.1) is 0 Å². The first-order valence-electron chi connectivity index (χ1n) is 8.65. The first-order chi connectivity index (χ1) is 12.5. The molecule has 3 amide bonds. The third-order valence-corrected chi connectivity index (χ3v) is 3.99. The molecular weight excluding hydrogens is 328 g/mol. The molecule has 0 fully saturated rings. The van der Waals surface area contributed by atoms with Gasteiger partial charge in [-0.05, 0) is 35.7 Å². The minimum atomic E-state index is -0.374. The van der Waals surface area contributed by atoms with Gasteiger partial charge in [0, 0.05) is 32.0 Å². The van der Waals surface area contributed by atoms with Crippen molar-refractivity contribution in [2.24, 2.45) is 0 Å². The number of nitrogens with zero attached hydrogens (tertiary/aromatic N) is 1. The zero-order valence-electron chi connectivity index (χ0n) is 15.5. The van der Waals surface area contributed by atoms with E-state index in [9.17, 15) is 9.59 Å². The zero-order chi connectivity index (χ0) is 18.9. The highest BCUT2D eigenvalue weighted by atomic mass is 16.2. The summed E-state index contributed by atoms with van der Waals surface area (Å²) in [5.41, 5.74) is 3.93. The largest absolute Gasteiger partial charge is 0.378 e. The number of aryl methyl sites for hydroxylation is 1. The molecule has 2 rings (SSSR count). The molecule has 0 atom stereocenters. The molecule has 0 saturated heterocycles. The second-order valence-electron chi connectivity index (χ2n) is 6.16. The first kappa shape index (κ1) is 19.3. The number of hydrogen-bond acceptors (Lipinski definition) is 3. The van der Waals surface area contributed by atoms with Gasteiger partial charge in [0.05, 0.1) is 6.54 Å². The molecule has 0 spiro atoms. The van der Waals surface area contributed by atoms with Gasteiger partial charge < -0.3 is 20.9 Å². The predicted octanol–water partition coefficient (Wildman–Crippen LogP) is 2.75. The number of nitrogens with one attached hydrogen (secondary N) is 3. The second-order valence-corrected chi connectivity index (χ2v) is 6.16. The summed E-state index contributed by atoms with van der Waals surface area (Å²) < 4.78 is 0. The van der Waals surface area contributed by atoms with Crippen LogP contribution in [-0.4, -0.2) is 32.6 Å². The lowest BCUT2D eigenvalue weighted by Crippen LogP contribution is -2.39. The zero-order valence-corrected chi connectivity index (χ0v) is 15.5. The van der Waals surface area contributed by atoms with Gasteiger partial charge in [0.25, 0.3) is 0 Å². The van der Waals surface area contributed by atoms with E-state index in [4.69, 9.17) is 0 Å². The van der Waals surface area contributed by atoms with Crippen LogP contribution < -0.4 is 20.9 Å². The maximum absolute atomic E-state index is 12.0. The van der Waals surface area contributed by atoms with Crippen LogP contribution in [0.3, 0.4) is 0 Å². The summed E-state index contributed by atoms with van der Waals surface area (Å²) in [4.78, 5) is 25.9. The molecule has 26 heavy (non-hydrogen) atoms. The van der Waals surface area contributed by atoms with E-state index in [-0.39, 0.29) is 18.5 Å². The Morgan fingerprint density at radius 1 is 0.962 bits per heavy atom. The number of benzene rings is 2. The van der Waals surface area contributed by atoms with Gasteiger partial charge in [-0.1, -0.05) is 37.3 Å². The maximum Gasteiger partial charge on any atom is 0.315 e. The average Bonchev–Trinajstić information content (AvgIpc) is 2.65. The molecule has 138 valence electrons. The number of para-hydroxylation sites is 1. The Morgan fingerprint density at radius 2 is 1.65 bits per heavy atom. The Balaban J connectivity index is 1.75. The van der Waals surface area contributed by atoms with Gasteiger partial charge in [-0.3, -0.25) is 4.79 Å². The molecule has 0 bridgehead atoms. The Morgan fingerprint density at radius 3 is 2.31 bits per heavy atom. The van der Waals surface area contributed by atoms with Crippen molar-refractivity contribution in [1.82, 2.24) is 10.6 Å². The highest BCUT2D eigenvalue weighted by molar-refractivity contribution is 5.94. The molecule has 0 aliphatic rings. The normalized spacial score (nSPS) is 10.1. The lowest BCUT2D eigenvalue weighted by atomic mass is 10.1. The molecule has 3 N–H and O–H groups in total. The Kier molecular flexibility index (Phi) is 7.02. The Hall–Kier alpha value is -3.02. The van der Waals surface area contributed by atoms with Crippen LogP contribution in [0.15, 0.2) is 48.5 Å². The molecule has 0 heterocycles. The van der Waals surface area contributed by atoms with E-state index in [1.54, 1.807) is 0 Å². The number of carbonyl (C=O) groups excluding carboxylic acids is 2. The molecule has 0 aliphatic carbocycles. The van der Waals surface area contributed by atoms with Crippen LogP contribution in [0.1, 0.15) is 18.1 Å². The minimum Gasteiger partial charge on any atom is -0.378 e. The molecular formula is C20H26N4O2. The van der Waals surface area contributed by atoms with Crippen LogP contribution in [0.25, 0.3) is 0 Å². The number of amides is 3. The molecule has 0 saturated carbocycles. The third kappa shape index (κ3) is 5.81. The van der Waals surface area contributed by atoms with Crippen LogP contribution in [-0.2, 0) is 17.8 Å². The van der Waals surface area contributed by atoms with Crippen molar-refractivity contribution >= 4 is 23.3 Å². The number of anilines is 2. The molecule has 2 aromatic carbocycles. The molecule has 0 aromatic heterocycles. The van der Waals surface area contributed by atoms with Gasteiger partial charge in [0.15, 0.2) is 0 Å². The van der Waals surface area contributed by atoms with Crippen molar-refractivity contribution in [3.63, 3.8) is 0 Å². The van der Waals surface area contributed by atoms with E-state index < -0.39 is 0 Å². The van der Waals surface area contributed by atoms with Gasteiger partial charge in [0.2, 0.25) is 5.91 Å². The average molecular weight is 354 g/mol. The van der Waals surface area contributed by atoms with Crippen molar-refractivity contribution in [2.75, 3.05) is 30.9 Å². The summed E-state index contributed by atoms with van der Waals surface area (Å²) in [6.07, 6.45) is 0.830. The highest BCUT2D eigenvalue weighted by Gasteiger charge is 2.07. The molecule has 6 nitrogen and oxygen atoms in total. The fourth-order valence-electron chi connectivity index (χ4n) is 2.46. The SMILES string of the molecule is CCc1ccccc1NC(=O)CNC(=O)NCc1ccc(N(C)C)cc1. The van der Waals surface area contributed by atoms with Gasteiger partial charge in [-0.15, -0.1) is 0 Å². The topological polar surface area (TPSA) is 73.5 Å². The molecule has 2 aromatic rings. The number of urea groups is 1. The van der Waals surface area contributed by atoms with Gasteiger partial charge in [0.1, 0.15) is 0 Å². The monoisotopic (exact) mass is 354 g/mol. The van der Waals surface area contributed by atoms with E-state index in [1.807, 2.05) is 74.4 Å². The standard InChI is InChI=1S/C20H26N4O2/c1-4-16-7-5-6-8-18(16)23-19(25)14-22-20(26)21-13-15-9-11-17(12-10-15)24(2)3/h5-12H,4,13-14H2,1-3H3,(H,23,25)(H2,21,22,26). The highest BCUT2D eigenvalue weighted by Crippen LogP contribution is 2.15. The van der Waals surface area contributed by atoms with E-state index in [2.05, 4.69) is 16.0 Å². The van der Waals surface area contributed by atoms with Crippen LogP contribution in [0.5, 0.6) is 0 Å². The fourth-order valence-corrected chi connectivity index (χ4v) is 2.46. The van der Waals surface area contributed by atoms with E-state index in [1.165, 1.54) is 0 Å². The van der Waals surface area contributed by atoms with Crippen molar-refractivity contribution < 1.29 is 9.59 Å². The van der Waals surface area contributed by atoms with E-state index in [0.29, 0.717) is 6.54 Å². The molecule has 0 unspecified atom stereocenters. The fraction of sp³-hybridized carbons (Fsp3) is 0.300. The lowest BCUT2D eigenvalue weighted by Gasteiger charge is -2.13. The second kappa shape index (κ2) is 9.46. The summed E-state index contributed by atoms with van der Waals surface area (Å²) in [5.74, 6) is -0.253. The minimum absolute atomic E-state index is 0.0799. The van der Waals surface area contributed by atoms with E-state index in [0.717, 1.165) is 28.9 Å². The van der Waals surface area contributed by atoms with Crippen LogP contribution in [0.2, 0.25) is 0 Å². The summed E-state index contributed by atoms with van der Waals surface area (Å²) in [6.45, 7) is 2.35. The first-order valence-corrected chi connectivity index (χ1v) is 8.65. The van der Waals surface area contributed by atoms with Crippen LogP contribution >= 0.6 is 0 Å². The number of rotatable bonds is 7. The van der Waals surface area contributed by atoms with Gasteiger partial charge >= 0.3 is 6.03 Å². The molecule has 0 radical (unpaired) electrons. The summed E-state index contributed by atoms with van der Waals surface area (Å²) in [7, 11) is 3.95. The number of carbonyl (C=O) groups is 2. The van der Waals surface area contributed by atoms with Crippen LogP contribution in [0.4, 0.5) is 16.2 Å². The van der Waals surface area contributed by atoms with Gasteiger partial charge in [-0.25, -0.2) is 4.79 Å². The summed E-state index contributed by atoms with van der Waals surface area (Å²) >= 11 is 0. The molecule has 6 heteroatoms. The maximum atomic E-state index is 12.0. The lowest BCUT2D eigenvalue weighted by molar-refractivity contribution is -0.115. The van der Waals surface area contributed by atoms with E-state index >= 15 is 0 Å². The smallest absolute Gasteiger partial charge is 0.315 e. The summed E-state index contributed by atoms with van der Waals surface area (Å²) in [6, 6.07) is 15.2.